The van der Waals surface area contributed by atoms with Crippen molar-refractivity contribution in [2.24, 2.45) is 0 Å². The van der Waals surface area contributed by atoms with Crippen molar-refractivity contribution in [2.45, 2.75) is 31.8 Å². The number of piperidine rings is 1. The Morgan fingerprint density at radius 3 is 2.34 bits per heavy atom. The van der Waals surface area contributed by atoms with Crippen LogP contribution in [0.2, 0.25) is 15.1 Å². The van der Waals surface area contributed by atoms with Crippen molar-refractivity contribution in [3.63, 3.8) is 0 Å². The van der Waals surface area contributed by atoms with Crippen LogP contribution in [0, 0.1) is 0 Å². The molecule has 4 nitrogen and oxygen atoms in total. The number of carbonyl (C=O) groups excluding carboxylic acids is 1. The lowest BCUT2D eigenvalue weighted by Crippen LogP contribution is -2.42. The maximum Gasteiger partial charge on any atom is 0.326 e. The summed E-state index contributed by atoms with van der Waals surface area (Å²) in [6.07, 6.45) is 2.28. The number of rotatable bonds is 5. The maximum atomic E-state index is 13.3. The summed E-state index contributed by atoms with van der Waals surface area (Å²) in [5.74, 6) is 0.626. The number of carbonyl (C=O) groups is 1. The highest BCUT2D eigenvalue weighted by molar-refractivity contribution is 7.08. The normalized spacial score (nSPS) is 16.4. The van der Waals surface area contributed by atoms with Crippen molar-refractivity contribution in [3.05, 3.63) is 103 Å². The summed E-state index contributed by atoms with van der Waals surface area (Å²) in [5, 5.41) is 8.95. The molecule has 6 rings (SSSR count). The molecule has 0 unspecified atom stereocenters. The molecule has 3 aromatic carbocycles. The summed E-state index contributed by atoms with van der Waals surface area (Å²) >= 11 is 21.6. The van der Waals surface area contributed by atoms with Gasteiger partial charge in [0, 0.05) is 29.2 Å². The van der Waals surface area contributed by atoms with Crippen molar-refractivity contribution in [1.29, 1.82) is 0 Å². The molecule has 2 aliphatic rings. The second kappa shape index (κ2) is 10.9. The van der Waals surface area contributed by atoms with Crippen LogP contribution in [0.1, 0.15) is 35.4 Å². The molecule has 1 aromatic heterocycles. The van der Waals surface area contributed by atoms with E-state index in [0.29, 0.717) is 33.2 Å². The van der Waals surface area contributed by atoms with Crippen LogP contribution in [0.25, 0.3) is 11.1 Å². The van der Waals surface area contributed by atoms with E-state index in [9.17, 15) is 4.79 Å². The van der Waals surface area contributed by atoms with Crippen LogP contribution in [0.3, 0.4) is 0 Å². The highest BCUT2D eigenvalue weighted by Gasteiger charge is 2.32. The van der Waals surface area contributed by atoms with Gasteiger partial charge in [-0.25, -0.2) is 4.79 Å². The molecule has 1 fully saturated rings. The Morgan fingerprint density at radius 2 is 1.63 bits per heavy atom. The predicted octanol–water partition coefficient (Wildman–Crippen LogP) is 9.12. The number of anilines is 2. The van der Waals surface area contributed by atoms with Gasteiger partial charge in [0.05, 0.1) is 21.4 Å². The third-order valence-corrected chi connectivity index (χ3v) is 9.12. The fraction of sp³-hybridized carbons (Fsp3) is 0.233. The van der Waals surface area contributed by atoms with Crippen LogP contribution in [0.15, 0.2) is 71.4 Å². The number of para-hydroxylation sites is 1. The molecule has 8 heteroatoms. The highest BCUT2D eigenvalue weighted by Crippen LogP contribution is 2.45. The zero-order valence-electron chi connectivity index (χ0n) is 20.6. The maximum absolute atomic E-state index is 13.3. The first kappa shape index (κ1) is 25.7. The number of nitrogens with one attached hydrogen (secondary N) is 1. The molecule has 1 saturated heterocycles. The number of amides is 2. The van der Waals surface area contributed by atoms with Gasteiger partial charge in [0.25, 0.3) is 0 Å². The average molecular weight is 583 g/mol. The summed E-state index contributed by atoms with van der Waals surface area (Å²) in [6.45, 7) is 3.23. The molecule has 1 N–H and O–H groups in total. The van der Waals surface area contributed by atoms with Gasteiger partial charge in [-0.1, -0.05) is 59.1 Å². The Labute approximate surface area is 241 Å². The van der Waals surface area contributed by atoms with Gasteiger partial charge in [-0.05, 0) is 95.7 Å². The number of hydrogen-bond donors (Lipinski definition) is 1. The summed E-state index contributed by atoms with van der Waals surface area (Å²) in [7, 11) is 0. The minimum Gasteiger partial charge on any atom is -0.333 e. The minimum atomic E-state index is -0.258. The van der Waals surface area contributed by atoms with Crippen LogP contribution in [-0.4, -0.2) is 24.0 Å². The van der Waals surface area contributed by atoms with E-state index in [1.807, 2.05) is 24.3 Å². The number of hydrogen-bond acceptors (Lipinski definition) is 3. The number of halogens is 3. The van der Waals surface area contributed by atoms with Crippen LogP contribution in [0.4, 0.5) is 16.2 Å². The van der Waals surface area contributed by atoms with Crippen LogP contribution < -0.4 is 10.2 Å². The SMILES string of the molecule is O=C1NCc2c(-c3ccccc3Cl)cc(CN3CCC(c4ccsc4)CC3)cc2N1c1c(Cl)cccc1Cl. The summed E-state index contributed by atoms with van der Waals surface area (Å²) in [5.41, 5.74) is 6.76. The molecule has 0 saturated carbocycles. The van der Waals surface area contributed by atoms with Crippen LogP contribution >= 0.6 is 46.1 Å². The Balaban J connectivity index is 1.41. The first-order valence-corrected chi connectivity index (χ1v) is 14.7. The van der Waals surface area contributed by atoms with Gasteiger partial charge in [0.15, 0.2) is 0 Å². The second-order valence-electron chi connectivity index (χ2n) is 9.79. The molecule has 2 amide bonds. The molecule has 38 heavy (non-hydrogen) atoms. The van der Waals surface area contributed by atoms with E-state index in [4.69, 9.17) is 34.8 Å². The molecule has 2 aliphatic heterocycles. The van der Waals surface area contributed by atoms with E-state index < -0.39 is 0 Å². The summed E-state index contributed by atoms with van der Waals surface area (Å²) in [6, 6.07) is 19.4. The summed E-state index contributed by atoms with van der Waals surface area (Å²) < 4.78 is 0. The molecule has 4 aromatic rings. The van der Waals surface area contributed by atoms with Gasteiger partial charge in [-0.15, -0.1) is 0 Å². The summed E-state index contributed by atoms with van der Waals surface area (Å²) in [4.78, 5) is 17.4. The minimum absolute atomic E-state index is 0.258. The molecule has 0 aliphatic carbocycles. The van der Waals surface area contributed by atoms with Crippen LogP contribution in [0.5, 0.6) is 0 Å². The van der Waals surface area contributed by atoms with Gasteiger partial charge >= 0.3 is 6.03 Å². The third kappa shape index (κ3) is 4.94. The molecular weight excluding hydrogens is 557 g/mol. The number of urea groups is 1. The third-order valence-electron chi connectivity index (χ3n) is 7.48. The number of benzene rings is 3. The van der Waals surface area contributed by atoms with Gasteiger partial charge < -0.3 is 5.32 Å². The zero-order chi connectivity index (χ0) is 26.2. The molecule has 3 heterocycles. The number of nitrogens with zero attached hydrogens (tertiary/aromatic N) is 2. The first-order valence-electron chi connectivity index (χ1n) is 12.7. The number of thiophene rings is 1. The van der Waals surface area contributed by atoms with Crippen LogP contribution in [-0.2, 0) is 13.1 Å². The van der Waals surface area contributed by atoms with Gasteiger partial charge in [0.2, 0.25) is 0 Å². The van der Waals surface area contributed by atoms with Crippen molar-refractivity contribution in [2.75, 3.05) is 18.0 Å². The van der Waals surface area contributed by atoms with E-state index in [0.717, 1.165) is 60.4 Å². The van der Waals surface area contributed by atoms with Crippen molar-refractivity contribution in [3.8, 4) is 11.1 Å². The molecule has 0 bridgehead atoms. The Kier molecular flexibility index (Phi) is 7.39. The fourth-order valence-electron chi connectivity index (χ4n) is 5.58. The van der Waals surface area contributed by atoms with E-state index in [-0.39, 0.29) is 6.03 Å². The monoisotopic (exact) mass is 581 g/mol. The van der Waals surface area contributed by atoms with E-state index in [1.165, 1.54) is 5.56 Å². The highest BCUT2D eigenvalue weighted by atomic mass is 35.5. The zero-order valence-corrected chi connectivity index (χ0v) is 23.7. The topological polar surface area (TPSA) is 35.6 Å². The number of likely N-dealkylation sites (tertiary alicyclic amines) is 1. The predicted molar refractivity (Wildman–Crippen MR) is 159 cm³/mol. The van der Waals surface area contributed by atoms with Crippen molar-refractivity contribution >= 4 is 63.5 Å². The standard InChI is InChI=1S/C30H26Cl3N3OS/c31-25-5-2-1-4-22(25)23-14-19(17-35-11-8-20(9-12-35)21-10-13-38-18-21)15-28-24(23)16-34-30(37)36(28)29-26(32)6-3-7-27(29)33/h1-7,10,13-15,18,20H,8-9,11-12,16-17H2,(H,34,37). The van der Waals surface area contributed by atoms with E-state index in [2.05, 4.69) is 39.2 Å². The number of fused-ring (bicyclic) bond motifs is 1. The van der Waals surface area contributed by atoms with E-state index in [1.54, 1.807) is 34.4 Å². The lowest BCUT2D eigenvalue weighted by molar-refractivity contribution is 0.205. The molecular formula is C30H26Cl3N3OS. The first-order chi connectivity index (χ1) is 18.5. The molecule has 194 valence electrons. The second-order valence-corrected chi connectivity index (χ2v) is 11.8. The Hall–Kier alpha value is -2.54. The molecule has 0 radical (unpaired) electrons. The lowest BCUT2D eigenvalue weighted by atomic mass is 9.90. The van der Waals surface area contributed by atoms with Gasteiger partial charge in [0.1, 0.15) is 0 Å². The largest absolute Gasteiger partial charge is 0.333 e. The van der Waals surface area contributed by atoms with E-state index >= 15 is 0 Å². The quantitative estimate of drug-likeness (QED) is 0.255. The Bertz CT molecular complexity index is 1460. The smallest absolute Gasteiger partial charge is 0.326 e. The van der Waals surface area contributed by atoms with Crippen molar-refractivity contribution < 1.29 is 4.79 Å². The fourth-order valence-corrected chi connectivity index (χ4v) is 7.12. The average Bonchev–Trinajstić information content (AvgIpc) is 3.45. The van der Waals surface area contributed by atoms with Gasteiger partial charge in [-0.2, -0.15) is 11.3 Å². The van der Waals surface area contributed by atoms with Gasteiger partial charge in [-0.3, -0.25) is 9.80 Å². The Morgan fingerprint density at radius 1 is 0.895 bits per heavy atom. The molecule has 0 spiro atoms. The van der Waals surface area contributed by atoms with Crippen molar-refractivity contribution in [1.82, 2.24) is 10.2 Å². The molecule has 0 atom stereocenters. The lowest BCUT2D eigenvalue weighted by Gasteiger charge is -2.35.